The number of nitrogens with zero attached hydrogens (tertiary/aromatic N) is 3. The molecule has 4 rings (SSSR count). The van der Waals surface area contributed by atoms with Gasteiger partial charge in [-0.1, -0.05) is 12.1 Å². The average Bonchev–Trinajstić information content (AvgIpc) is 3.28. The van der Waals surface area contributed by atoms with Crippen molar-refractivity contribution in [1.82, 2.24) is 20.1 Å². The van der Waals surface area contributed by atoms with Gasteiger partial charge in [-0.05, 0) is 42.8 Å². The molecule has 166 valence electrons. The van der Waals surface area contributed by atoms with Crippen molar-refractivity contribution in [2.75, 3.05) is 5.32 Å². The van der Waals surface area contributed by atoms with Crippen LogP contribution in [0.3, 0.4) is 0 Å². The van der Waals surface area contributed by atoms with Gasteiger partial charge in [0.15, 0.2) is 0 Å². The van der Waals surface area contributed by atoms with E-state index >= 15 is 0 Å². The number of benzene rings is 2. The summed E-state index contributed by atoms with van der Waals surface area (Å²) in [5, 5.41) is 8.65. The van der Waals surface area contributed by atoms with Crippen LogP contribution in [0.5, 0.6) is 0 Å². The molecule has 2 amide bonds. The van der Waals surface area contributed by atoms with Crippen molar-refractivity contribution in [3.8, 4) is 5.69 Å². The zero-order valence-corrected chi connectivity index (χ0v) is 17.6. The van der Waals surface area contributed by atoms with Crippen LogP contribution in [0.1, 0.15) is 30.5 Å². The van der Waals surface area contributed by atoms with Gasteiger partial charge in [-0.15, -0.1) is 11.8 Å². The third-order valence-electron chi connectivity index (χ3n) is 4.95. The van der Waals surface area contributed by atoms with Gasteiger partial charge in [0.2, 0.25) is 11.8 Å². The number of nitrogens with one attached hydrogen (secondary N) is 2. The van der Waals surface area contributed by atoms with Crippen LogP contribution in [0.2, 0.25) is 0 Å². The molecule has 2 atom stereocenters. The summed E-state index contributed by atoms with van der Waals surface area (Å²) in [4.78, 5) is 29.3. The first-order valence-corrected chi connectivity index (χ1v) is 10.5. The Morgan fingerprint density at radius 3 is 2.66 bits per heavy atom. The number of carbonyl (C=O) groups is 2. The maximum absolute atomic E-state index is 12.9. The number of carbonyl (C=O) groups excluding carboxylic acids is 2. The zero-order valence-electron chi connectivity index (χ0n) is 16.8. The molecule has 0 spiro atoms. The van der Waals surface area contributed by atoms with Gasteiger partial charge in [-0.25, -0.2) is 9.67 Å². The van der Waals surface area contributed by atoms with E-state index in [1.807, 2.05) is 31.2 Å². The molecule has 2 aromatic carbocycles. The summed E-state index contributed by atoms with van der Waals surface area (Å²) in [5.74, 6) is -0.831. The topological polar surface area (TPSA) is 88.9 Å². The minimum atomic E-state index is -4.50. The Morgan fingerprint density at radius 1 is 1.25 bits per heavy atom. The molecule has 0 radical (unpaired) electrons. The number of amides is 2. The molecule has 0 saturated carbocycles. The van der Waals surface area contributed by atoms with Crippen molar-refractivity contribution < 1.29 is 22.8 Å². The number of fused-ring (bicyclic) bond motifs is 1. The molecule has 1 aromatic heterocycles. The van der Waals surface area contributed by atoms with E-state index in [0.29, 0.717) is 4.90 Å². The van der Waals surface area contributed by atoms with E-state index in [1.54, 1.807) is 11.0 Å². The smallest absolute Gasteiger partial charge is 0.350 e. The van der Waals surface area contributed by atoms with Gasteiger partial charge >= 0.3 is 6.18 Å². The van der Waals surface area contributed by atoms with E-state index in [4.69, 9.17) is 0 Å². The van der Waals surface area contributed by atoms with Crippen molar-refractivity contribution >= 4 is 29.3 Å². The Bertz CT molecular complexity index is 1130. The van der Waals surface area contributed by atoms with Crippen LogP contribution in [0.25, 0.3) is 5.69 Å². The summed E-state index contributed by atoms with van der Waals surface area (Å²) in [5.41, 5.74) is 0.963. The fraction of sp³-hybridized carbons (Fsp3) is 0.238. The van der Waals surface area contributed by atoms with Crippen LogP contribution in [-0.2, 0) is 15.8 Å². The van der Waals surface area contributed by atoms with Crippen LogP contribution in [-0.4, -0.2) is 31.8 Å². The molecule has 0 fully saturated rings. The summed E-state index contributed by atoms with van der Waals surface area (Å²) in [6.45, 7) is 1.82. The van der Waals surface area contributed by atoms with Crippen LogP contribution in [0.4, 0.5) is 18.9 Å². The van der Waals surface area contributed by atoms with Crippen molar-refractivity contribution in [3.63, 3.8) is 0 Å². The minimum absolute atomic E-state index is 0.0989. The summed E-state index contributed by atoms with van der Waals surface area (Å²) >= 11 is 1.08. The molecular weight excluding hydrogens is 443 g/mol. The molecule has 32 heavy (non-hydrogen) atoms. The SMILES string of the molecule is C[C@H](NC(=O)C[C@@H]1Sc2ccc(C(F)(F)F)cc2NC1=O)c1ccc(-n2cncn2)cc1. The van der Waals surface area contributed by atoms with Gasteiger partial charge < -0.3 is 10.6 Å². The first kappa shape index (κ1) is 21.9. The van der Waals surface area contributed by atoms with Crippen molar-refractivity contribution in [2.24, 2.45) is 0 Å². The molecule has 0 aliphatic carbocycles. The lowest BCUT2D eigenvalue weighted by Gasteiger charge is -2.25. The molecular formula is C21H18F3N5O2S. The van der Waals surface area contributed by atoms with E-state index < -0.39 is 22.9 Å². The maximum Gasteiger partial charge on any atom is 0.416 e. The summed E-state index contributed by atoms with van der Waals surface area (Å²) in [6.07, 6.45) is -1.58. The Balaban J connectivity index is 1.37. The normalized spacial score (nSPS) is 16.8. The number of halogens is 3. The summed E-state index contributed by atoms with van der Waals surface area (Å²) in [7, 11) is 0. The average molecular weight is 461 g/mol. The van der Waals surface area contributed by atoms with E-state index in [-0.39, 0.29) is 24.1 Å². The summed E-state index contributed by atoms with van der Waals surface area (Å²) < 4.78 is 40.3. The number of rotatable bonds is 5. The van der Waals surface area contributed by atoms with E-state index in [1.165, 1.54) is 12.4 Å². The number of aromatic nitrogens is 3. The van der Waals surface area contributed by atoms with Gasteiger partial charge in [-0.3, -0.25) is 9.59 Å². The second kappa shape index (κ2) is 8.65. The number of hydrogen-bond donors (Lipinski definition) is 2. The predicted octanol–water partition coefficient (Wildman–Crippen LogP) is 3.97. The molecule has 7 nitrogen and oxygen atoms in total. The van der Waals surface area contributed by atoms with E-state index in [0.717, 1.165) is 35.1 Å². The van der Waals surface area contributed by atoms with Gasteiger partial charge in [0, 0.05) is 11.3 Å². The largest absolute Gasteiger partial charge is 0.416 e. The molecule has 1 aliphatic heterocycles. The third kappa shape index (κ3) is 4.77. The molecule has 0 bridgehead atoms. The highest BCUT2D eigenvalue weighted by Crippen LogP contribution is 2.40. The standard InChI is InChI=1S/C21H18F3N5O2S/c1-12(13-2-5-15(6-3-13)29-11-25-10-26-29)27-19(30)9-18-20(31)28-16-8-14(21(22,23)24)4-7-17(16)32-18/h2-8,10-12,18H,9H2,1H3,(H,27,30)(H,28,31)/t12-,18-/m0/s1. The van der Waals surface area contributed by atoms with Gasteiger partial charge in [0.25, 0.3) is 0 Å². The van der Waals surface area contributed by atoms with Crippen LogP contribution in [0.15, 0.2) is 60.0 Å². The lowest BCUT2D eigenvalue weighted by Crippen LogP contribution is -2.35. The number of anilines is 1. The van der Waals surface area contributed by atoms with Crippen molar-refractivity contribution in [2.45, 2.75) is 35.7 Å². The van der Waals surface area contributed by atoms with Gasteiger partial charge in [0.05, 0.1) is 28.2 Å². The Kier molecular flexibility index (Phi) is 5.92. The fourth-order valence-electron chi connectivity index (χ4n) is 3.27. The van der Waals surface area contributed by atoms with Crippen LogP contribution >= 0.6 is 11.8 Å². The lowest BCUT2D eigenvalue weighted by molar-refractivity contribution is -0.137. The highest BCUT2D eigenvalue weighted by atomic mass is 32.2. The zero-order chi connectivity index (χ0) is 22.9. The molecule has 1 aliphatic rings. The minimum Gasteiger partial charge on any atom is -0.350 e. The van der Waals surface area contributed by atoms with Crippen molar-refractivity contribution in [3.05, 3.63) is 66.2 Å². The highest BCUT2D eigenvalue weighted by molar-refractivity contribution is 8.01. The highest BCUT2D eigenvalue weighted by Gasteiger charge is 2.34. The molecule has 3 aromatic rings. The molecule has 2 heterocycles. The van der Waals surface area contributed by atoms with Crippen LogP contribution < -0.4 is 10.6 Å². The monoisotopic (exact) mass is 461 g/mol. The lowest BCUT2D eigenvalue weighted by atomic mass is 10.1. The van der Waals surface area contributed by atoms with Crippen molar-refractivity contribution in [1.29, 1.82) is 0 Å². The number of alkyl halides is 3. The second-order valence-corrected chi connectivity index (χ2v) is 8.47. The summed E-state index contributed by atoms with van der Waals surface area (Å²) in [6, 6.07) is 10.3. The fourth-order valence-corrected chi connectivity index (χ4v) is 4.36. The Labute approximate surface area is 185 Å². The third-order valence-corrected chi connectivity index (χ3v) is 6.23. The number of hydrogen-bond acceptors (Lipinski definition) is 5. The Morgan fingerprint density at radius 2 is 2.00 bits per heavy atom. The van der Waals surface area contributed by atoms with E-state index in [2.05, 4.69) is 20.7 Å². The molecule has 2 N–H and O–H groups in total. The van der Waals surface area contributed by atoms with Gasteiger partial charge in [-0.2, -0.15) is 18.3 Å². The predicted molar refractivity (Wildman–Crippen MR) is 112 cm³/mol. The van der Waals surface area contributed by atoms with E-state index in [9.17, 15) is 22.8 Å². The molecule has 11 heteroatoms. The quantitative estimate of drug-likeness (QED) is 0.600. The Hall–Kier alpha value is -3.34. The molecule has 0 saturated heterocycles. The van der Waals surface area contributed by atoms with Crippen LogP contribution in [0, 0.1) is 0 Å². The first-order chi connectivity index (χ1) is 15.2. The maximum atomic E-state index is 12.9. The number of thioether (sulfide) groups is 1. The first-order valence-electron chi connectivity index (χ1n) is 9.64. The second-order valence-electron chi connectivity index (χ2n) is 7.23. The molecule has 0 unspecified atom stereocenters. The van der Waals surface area contributed by atoms with Gasteiger partial charge in [0.1, 0.15) is 12.7 Å².